The van der Waals surface area contributed by atoms with Gasteiger partial charge in [-0.05, 0) is 0 Å². The number of aromatic nitrogens is 2. The van der Waals surface area contributed by atoms with Gasteiger partial charge < -0.3 is 5.32 Å². The van der Waals surface area contributed by atoms with E-state index in [0.717, 1.165) is 5.69 Å². The Hall–Kier alpha value is -1.45. The average molecular weight is 137 g/mol. The molecule has 1 heterocycles. The van der Waals surface area contributed by atoms with Crippen LogP contribution >= 0.6 is 0 Å². The van der Waals surface area contributed by atoms with Crippen molar-refractivity contribution in [1.29, 1.82) is 0 Å². The average Bonchev–Trinajstić information content (AvgIpc) is 2.03. The third-order valence-electron chi connectivity index (χ3n) is 0.983. The molecule has 10 heavy (non-hydrogen) atoms. The second-order valence-electron chi connectivity index (χ2n) is 1.70. The van der Waals surface area contributed by atoms with Gasteiger partial charge in [0.2, 0.25) is 6.41 Å². The fourth-order valence-electron chi connectivity index (χ4n) is 0.567. The number of rotatable bonds is 3. The molecule has 0 spiro atoms. The molecule has 0 fully saturated rings. The summed E-state index contributed by atoms with van der Waals surface area (Å²) in [5, 5.41) is 2.48. The molecule has 4 heteroatoms. The van der Waals surface area contributed by atoms with Crippen LogP contribution in [0.25, 0.3) is 0 Å². The van der Waals surface area contributed by atoms with Gasteiger partial charge in [-0.3, -0.25) is 14.8 Å². The molecule has 1 N–H and O–H groups in total. The van der Waals surface area contributed by atoms with Crippen LogP contribution in [-0.2, 0) is 11.3 Å². The Morgan fingerprint density at radius 3 is 3.10 bits per heavy atom. The maximum absolute atomic E-state index is 9.82. The van der Waals surface area contributed by atoms with Gasteiger partial charge in [-0.1, -0.05) is 0 Å². The van der Waals surface area contributed by atoms with Crippen LogP contribution in [0.1, 0.15) is 5.69 Å². The summed E-state index contributed by atoms with van der Waals surface area (Å²) in [7, 11) is 0. The second-order valence-corrected chi connectivity index (χ2v) is 1.70. The zero-order valence-electron chi connectivity index (χ0n) is 5.32. The summed E-state index contributed by atoms with van der Waals surface area (Å²) in [4.78, 5) is 17.6. The minimum atomic E-state index is 0.442. The standard InChI is InChI=1S/C6H7N3O/c10-5-8-4-6-3-7-1-2-9-6/h1-3,5H,4H2,(H,8,10). The summed E-state index contributed by atoms with van der Waals surface area (Å²) in [6.07, 6.45) is 5.41. The second kappa shape index (κ2) is 3.55. The van der Waals surface area contributed by atoms with E-state index in [1.165, 1.54) is 0 Å². The minimum Gasteiger partial charge on any atom is -0.353 e. The zero-order chi connectivity index (χ0) is 7.23. The van der Waals surface area contributed by atoms with E-state index in [0.29, 0.717) is 13.0 Å². The predicted octanol–water partition coefficient (Wildman–Crippen LogP) is -0.277. The first-order valence-corrected chi connectivity index (χ1v) is 2.85. The van der Waals surface area contributed by atoms with Gasteiger partial charge in [0.05, 0.1) is 18.4 Å². The van der Waals surface area contributed by atoms with Crippen LogP contribution in [-0.4, -0.2) is 16.4 Å². The quantitative estimate of drug-likeness (QED) is 0.583. The van der Waals surface area contributed by atoms with Crippen LogP contribution in [0.15, 0.2) is 18.6 Å². The van der Waals surface area contributed by atoms with Gasteiger partial charge in [-0.25, -0.2) is 0 Å². The molecule has 0 aliphatic heterocycles. The predicted molar refractivity (Wildman–Crippen MR) is 34.9 cm³/mol. The zero-order valence-corrected chi connectivity index (χ0v) is 5.32. The third kappa shape index (κ3) is 1.81. The topological polar surface area (TPSA) is 54.9 Å². The van der Waals surface area contributed by atoms with E-state index < -0.39 is 0 Å². The maximum atomic E-state index is 9.82. The van der Waals surface area contributed by atoms with Gasteiger partial charge >= 0.3 is 0 Å². The van der Waals surface area contributed by atoms with E-state index in [2.05, 4.69) is 15.3 Å². The van der Waals surface area contributed by atoms with Crippen LogP contribution in [0.3, 0.4) is 0 Å². The molecular weight excluding hydrogens is 130 g/mol. The highest BCUT2D eigenvalue weighted by Crippen LogP contribution is 1.86. The van der Waals surface area contributed by atoms with E-state index in [1.807, 2.05) is 0 Å². The third-order valence-corrected chi connectivity index (χ3v) is 0.983. The molecule has 0 radical (unpaired) electrons. The van der Waals surface area contributed by atoms with Gasteiger partial charge in [-0.2, -0.15) is 0 Å². The summed E-state index contributed by atoms with van der Waals surface area (Å²) in [5.74, 6) is 0. The summed E-state index contributed by atoms with van der Waals surface area (Å²) in [5.41, 5.74) is 0.759. The largest absolute Gasteiger partial charge is 0.353 e. The molecule has 1 aromatic rings. The van der Waals surface area contributed by atoms with Crippen molar-refractivity contribution in [2.75, 3.05) is 0 Å². The van der Waals surface area contributed by atoms with E-state index in [-0.39, 0.29) is 0 Å². The molecule has 1 amide bonds. The molecule has 0 atom stereocenters. The van der Waals surface area contributed by atoms with E-state index in [9.17, 15) is 4.79 Å². The van der Waals surface area contributed by atoms with Crippen LogP contribution in [0, 0.1) is 0 Å². The summed E-state index contributed by atoms with van der Waals surface area (Å²) in [6.45, 7) is 0.442. The minimum absolute atomic E-state index is 0.442. The van der Waals surface area contributed by atoms with Crippen molar-refractivity contribution in [2.45, 2.75) is 6.54 Å². The number of hydrogen-bond acceptors (Lipinski definition) is 3. The number of carbonyl (C=O) groups is 1. The molecule has 4 nitrogen and oxygen atoms in total. The number of carbonyl (C=O) groups excluding carboxylic acids is 1. The summed E-state index contributed by atoms with van der Waals surface area (Å²) < 4.78 is 0. The van der Waals surface area contributed by atoms with Crippen molar-refractivity contribution in [3.05, 3.63) is 24.3 Å². The van der Waals surface area contributed by atoms with Gasteiger partial charge in [0, 0.05) is 12.4 Å². The monoisotopic (exact) mass is 137 g/mol. The van der Waals surface area contributed by atoms with E-state index in [1.54, 1.807) is 18.6 Å². The van der Waals surface area contributed by atoms with Crippen molar-refractivity contribution in [2.24, 2.45) is 0 Å². The Bertz CT molecular complexity index is 199. The molecule has 0 unspecified atom stereocenters. The van der Waals surface area contributed by atoms with Crippen LogP contribution in [0.2, 0.25) is 0 Å². The SMILES string of the molecule is O=CNCc1cnccn1. The smallest absolute Gasteiger partial charge is 0.207 e. The maximum Gasteiger partial charge on any atom is 0.207 e. The molecular formula is C6H7N3O. The Labute approximate surface area is 58.3 Å². The van der Waals surface area contributed by atoms with Gasteiger partial charge in [0.25, 0.3) is 0 Å². The highest BCUT2D eigenvalue weighted by molar-refractivity contribution is 5.45. The van der Waals surface area contributed by atoms with E-state index >= 15 is 0 Å². The first-order valence-electron chi connectivity index (χ1n) is 2.85. The fraction of sp³-hybridized carbons (Fsp3) is 0.167. The molecule has 0 aliphatic rings. The number of nitrogens with zero attached hydrogens (tertiary/aromatic N) is 2. The first-order chi connectivity index (χ1) is 4.93. The molecule has 0 saturated carbocycles. The van der Waals surface area contributed by atoms with Crippen LogP contribution < -0.4 is 5.32 Å². The lowest BCUT2D eigenvalue weighted by atomic mass is 10.4. The molecule has 0 saturated heterocycles. The lowest BCUT2D eigenvalue weighted by Gasteiger charge is -1.94. The normalized spacial score (nSPS) is 8.80. The number of amides is 1. The molecule has 1 aromatic heterocycles. The Balaban J connectivity index is 2.50. The van der Waals surface area contributed by atoms with Gasteiger partial charge in [0.15, 0.2) is 0 Å². The molecule has 0 aliphatic carbocycles. The van der Waals surface area contributed by atoms with Crippen molar-refractivity contribution in [1.82, 2.24) is 15.3 Å². The van der Waals surface area contributed by atoms with Crippen molar-refractivity contribution in [3.63, 3.8) is 0 Å². The van der Waals surface area contributed by atoms with Gasteiger partial charge in [-0.15, -0.1) is 0 Å². The Morgan fingerprint density at radius 1 is 1.60 bits per heavy atom. The lowest BCUT2D eigenvalue weighted by molar-refractivity contribution is -0.109. The number of hydrogen-bond donors (Lipinski definition) is 1. The van der Waals surface area contributed by atoms with Crippen molar-refractivity contribution >= 4 is 6.41 Å². The Kier molecular flexibility index (Phi) is 2.37. The van der Waals surface area contributed by atoms with Gasteiger partial charge in [0.1, 0.15) is 0 Å². The highest BCUT2D eigenvalue weighted by Gasteiger charge is 1.88. The Morgan fingerprint density at radius 2 is 2.50 bits per heavy atom. The summed E-state index contributed by atoms with van der Waals surface area (Å²) in [6, 6.07) is 0. The molecule has 52 valence electrons. The lowest BCUT2D eigenvalue weighted by Crippen LogP contribution is -2.10. The first kappa shape index (κ1) is 6.67. The molecule has 1 rings (SSSR count). The highest BCUT2D eigenvalue weighted by atomic mass is 16.1. The van der Waals surface area contributed by atoms with Crippen molar-refractivity contribution in [3.8, 4) is 0 Å². The van der Waals surface area contributed by atoms with Crippen molar-refractivity contribution < 1.29 is 4.79 Å². The molecule has 0 bridgehead atoms. The van der Waals surface area contributed by atoms with E-state index in [4.69, 9.17) is 0 Å². The summed E-state index contributed by atoms with van der Waals surface area (Å²) >= 11 is 0. The fourth-order valence-corrected chi connectivity index (χ4v) is 0.567. The van der Waals surface area contributed by atoms with Crippen LogP contribution in [0.4, 0.5) is 0 Å². The number of nitrogens with one attached hydrogen (secondary N) is 1. The van der Waals surface area contributed by atoms with Crippen LogP contribution in [0.5, 0.6) is 0 Å². The molecule has 0 aromatic carbocycles.